The predicted octanol–water partition coefficient (Wildman–Crippen LogP) is -0.124. The fraction of sp³-hybridized carbons (Fsp3) is 0.111. The van der Waals surface area contributed by atoms with E-state index in [-0.39, 0.29) is 11.6 Å². The highest BCUT2D eigenvalue weighted by Crippen LogP contribution is 2.35. The normalized spacial score (nSPS) is 10.2. The summed E-state index contributed by atoms with van der Waals surface area (Å²) in [5, 5.41) is 0.855. The van der Waals surface area contributed by atoms with Gasteiger partial charge in [0.15, 0.2) is 21.7 Å². The summed E-state index contributed by atoms with van der Waals surface area (Å²) in [4.78, 5) is 16.1. The Bertz CT molecular complexity index is 572. The van der Waals surface area contributed by atoms with E-state index in [9.17, 15) is 0 Å². The molecule has 0 aliphatic heterocycles. The molecular formula is C9H12N8OS. The largest absolute Gasteiger partial charge is 0.490 e. The number of rotatable bonds is 4. The molecule has 19 heavy (non-hydrogen) atoms. The third kappa shape index (κ3) is 2.92. The molecule has 0 saturated carbocycles. The monoisotopic (exact) mass is 280 g/mol. The molecule has 100 valence electrons. The molecule has 0 radical (unpaired) electrons. The van der Waals surface area contributed by atoms with E-state index in [0.29, 0.717) is 21.7 Å². The number of hydrogen-bond donors (Lipinski definition) is 4. The van der Waals surface area contributed by atoms with Crippen molar-refractivity contribution in [3.05, 3.63) is 12.4 Å². The van der Waals surface area contributed by atoms with E-state index < -0.39 is 0 Å². The molecule has 9 nitrogen and oxygen atoms in total. The molecule has 0 spiro atoms. The van der Waals surface area contributed by atoms with Gasteiger partial charge in [0.2, 0.25) is 0 Å². The van der Waals surface area contributed by atoms with Crippen LogP contribution >= 0.6 is 11.8 Å². The Morgan fingerprint density at radius 2 is 1.89 bits per heavy atom. The van der Waals surface area contributed by atoms with Gasteiger partial charge in [-0.05, 0) is 11.8 Å². The van der Waals surface area contributed by atoms with Crippen molar-refractivity contribution in [2.75, 3.05) is 24.0 Å². The molecule has 7 N–H and O–H groups in total. The minimum absolute atomic E-state index is 0.278. The molecule has 0 aliphatic rings. The van der Waals surface area contributed by atoms with Crippen molar-refractivity contribution in [3.8, 4) is 5.75 Å². The van der Waals surface area contributed by atoms with Gasteiger partial charge in [0.05, 0.1) is 7.11 Å². The maximum atomic E-state index is 5.60. The second-order valence-corrected chi connectivity index (χ2v) is 4.26. The van der Waals surface area contributed by atoms with Gasteiger partial charge in [0.1, 0.15) is 18.0 Å². The number of anilines is 3. The number of methoxy groups -OCH3 is 1. The quantitative estimate of drug-likeness (QED) is 0.258. The highest BCUT2D eigenvalue weighted by Gasteiger charge is 2.14. The first kappa shape index (κ1) is 13.1. The Kier molecular flexibility index (Phi) is 3.82. The predicted molar refractivity (Wildman–Crippen MR) is 71.4 cm³/mol. The molecule has 0 unspecified atom stereocenters. The first-order valence-corrected chi connectivity index (χ1v) is 5.89. The highest BCUT2D eigenvalue weighted by molar-refractivity contribution is 7.99. The summed E-state index contributed by atoms with van der Waals surface area (Å²) in [6.07, 6.45) is 1.34. The van der Waals surface area contributed by atoms with Gasteiger partial charge >= 0.3 is 0 Å². The van der Waals surface area contributed by atoms with Gasteiger partial charge in [0, 0.05) is 6.07 Å². The average Bonchev–Trinajstić information content (AvgIpc) is 2.37. The van der Waals surface area contributed by atoms with Gasteiger partial charge in [-0.25, -0.2) is 25.8 Å². The number of nitrogens with zero attached hydrogens (tertiary/aromatic N) is 4. The van der Waals surface area contributed by atoms with Crippen LogP contribution in [0.15, 0.2) is 22.6 Å². The van der Waals surface area contributed by atoms with Crippen LogP contribution in [0.3, 0.4) is 0 Å². The van der Waals surface area contributed by atoms with Crippen LogP contribution in [0.1, 0.15) is 0 Å². The van der Waals surface area contributed by atoms with Crippen molar-refractivity contribution >= 4 is 29.2 Å². The molecule has 0 amide bonds. The lowest BCUT2D eigenvalue weighted by molar-refractivity contribution is 0.400. The molecule has 0 saturated heterocycles. The molecule has 0 bridgehead atoms. The van der Waals surface area contributed by atoms with E-state index in [2.05, 4.69) is 25.4 Å². The summed E-state index contributed by atoms with van der Waals surface area (Å²) in [5.74, 6) is 6.64. The maximum absolute atomic E-state index is 5.60. The minimum atomic E-state index is 0.278. The van der Waals surface area contributed by atoms with E-state index in [1.54, 1.807) is 0 Å². The molecule has 2 rings (SSSR count). The zero-order valence-corrected chi connectivity index (χ0v) is 10.8. The average molecular weight is 280 g/mol. The van der Waals surface area contributed by atoms with E-state index in [1.165, 1.54) is 19.5 Å². The summed E-state index contributed by atoms with van der Waals surface area (Å²) in [6, 6.07) is 1.47. The van der Waals surface area contributed by atoms with Crippen LogP contribution in [-0.4, -0.2) is 27.0 Å². The lowest BCUT2D eigenvalue weighted by Gasteiger charge is -2.09. The molecule has 0 atom stereocenters. The molecule has 0 aromatic carbocycles. The van der Waals surface area contributed by atoms with Gasteiger partial charge in [-0.3, -0.25) is 0 Å². The van der Waals surface area contributed by atoms with Crippen molar-refractivity contribution in [2.24, 2.45) is 5.84 Å². The SMILES string of the molecule is COc1c(NN)ncnc1Sc1nc(N)cc(N)n1. The van der Waals surface area contributed by atoms with Crippen LogP contribution in [-0.2, 0) is 0 Å². The van der Waals surface area contributed by atoms with Crippen molar-refractivity contribution in [1.82, 2.24) is 19.9 Å². The fourth-order valence-electron chi connectivity index (χ4n) is 1.31. The molecule has 2 heterocycles. The fourth-order valence-corrected chi connectivity index (χ4v) is 2.16. The Labute approximate surface area is 113 Å². The minimum Gasteiger partial charge on any atom is -0.490 e. The maximum Gasteiger partial charge on any atom is 0.197 e. The number of hydrogen-bond acceptors (Lipinski definition) is 10. The topological polar surface area (TPSA) is 151 Å². The van der Waals surface area contributed by atoms with Crippen LogP contribution in [0.4, 0.5) is 17.5 Å². The summed E-state index contributed by atoms with van der Waals surface area (Å²) in [5.41, 5.74) is 13.6. The zero-order valence-electron chi connectivity index (χ0n) is 9.99. The van der Waals surface area contributed by atoms with E-state index in [0.717, 1.165) is 11.8 Å². The van der Waals surface area contributed by atoms with Crippen molar-refractivity contribution in [2.45, 2.75) is 10.2 Å². The lowest BCUT2D eigenvalue weighted by Crippen LogP contribution is -2.11. The first-order valence-electron chi connectivity index (χ1n) is 5.07. The zero-order chi connectivity index (χ0) is 13.8. The van der Waals surface area contributed by atoms with Gasteiger partial charge in [-0.1, -0.05) is 0 Å². The van der Waals surface area contributed by atoms with Crippen molar-refractivity contribution in [1.29, 1.82) is 0 Å². The van der Waals surface area contributed by atoms with Crippen LogP contribution in [0.2, 0.25) is 0 Å². The second kappa shape index (κ2) is 5.54. The van der Waals surface area contributed by atoms with Crippen LogP contribution in [0, 0.1) is 0 Å². The Hall–Kier alpha value is -2.33. The summed E-state index contributed by atoms with van der Waals surface area (Å²) < 4.78 is 5.19. The van der Waals surface area contributed by atoms with Crippen LogP contribution in [0.25, 0.3) is 0 Å². The van der Waals surface area contributed by atoms with Gasteiger partial charge in [0.25, 0.3) is 0 Å². The second-order valence-electron chi connectivity index (χ2n) is 3.31. The Morgan fingerprint density at radius 3 is 2.47 bits per heavy atom. The number of nitrogens with one attached hydrogen (secondary N) is 1. The third-order valence-corrected chi connectivity index (χ3v) is 2.89. The Balaban J connectivity index is 2.37. The Morgan fingerprint density at radius 1 is 1.21 bits per heavy atom. The van der Waals surface area contributed by atoms with Gasteiger partial charge < -0.3 is 21.6 Å². The summed E-state index contributed by atoms with van der Waals surface area (Å²) in [6.45, 7) is 0. The number of nitrogens with two attached hydrogens (primary N) is 3. The van der Waals surface area contributed by atoms with Gasteiger partial charge in [-0.2, -0.15) is 0 Å². The smallest absolute Gasteiger partial charge is 0.197 e. The first-order chi connectivity index (χ1) is 9.13. The molecule has 10 heteroatoms. The molecular weight excluding hydrogens is 268 g/mol. The van der Waals surface area contributed by atoms with E-state index >= 15 is 0 Å². The standard InChI is InChI=1S/C9H12N8OS/c1-18-6-7(17-12)13-3-14-8(6)19-9-15-4(10)2-5(11)16-9/h2-3H,12H2,1H3,(H,13,14,17)(H4,10,11,15,16). The van der Waals surface area contributed by atoms with E-state index in [4.69, 9.17) is 22.0 Å². The summed E-state index contributed by atoms with van der Waals surface area (Å²) in [7, 11) is 1.48. The van der Waals surface area contributed by atoms with Crippen molar-refractivity contribution < 1.29 is 4.74 Å². The number of nitrogen functional groups attached to an aromatic ring is 3. The highest BCUT2D eigenvalue weighted by atomic mass is 32.2. The molecule has 2 aromatic rings. The molecule has 0 fully saturated rings. The number of hydrazine groups is 1. The number of aromatic nitrogens is 4. The molecule has 0 aliphatic carbocycles. The number of ether oxygens (including phenoxy) is 1. The summed E-state index contributed by atoms with van der Waals surface area (Å²) >= 11 is 1.14. The van der Waals surface area contributed by atoms with Crippen LogP contribution in [0.5, 0.6) is 5.75 Å². The van der Waals surface area contributed by atoms with E-state index in [1.807, 2.05) is 0 Å². The van der Waals surface area contributed by atoms with Gasteiger partial charge in [-0.15, -0.1) is 0 Å². The lowest BCUT2D eigenvalue weighted by atomic mass is 10.5. The molecule has 2 aromatic heterocycles. The van der Waals surface area contributed by atoms with Crippen LogP contribution < -0.4 is 27.5 Å². The van der Waals surface area contributed by atoms with Crippen molar-refractivity contribution in [3.63, 3.8) is 0 Å². The third-order valence-electron chi connectivity index (χ3n) is 2.05.